The van der Waals surface area contributed by atoms with Crippen molar-refractivity contribution in [3.05, 3.63) is 10.1 Å². The zero-order valence-electron chi connectivity index (χ0n) is 6.62. The van der Waals surface area contributed by atoms with Crippen LogP contribution >= 0.6 is 0 Å². The van der Waals surface area contributed by atoms with Crippen LogP contribution in [0, 0.1) is 10.1 Å². The summed E-state index contributed by atoms with van der Waals surface area (Å²) in [5.41, 5.74) is 0. The predicted molar refractivity (Wildman–Crippen MR) is 38.7 cm³/mol. The van der Waals surface area contributed by atoms with E-state index in [9.17, 15) is 10.1 Å². The van der Waals surface area contributed by atoms with Crippen molar-refractivity contribution in [2.75, 3.05) is 20.3 Å². The van der Waals surface area contributed by atoms with Gasteiger partial charge in [0.1, 0.15) is 0 Å². The molecule has 0 unspecified atom stereocenters. The highest BCUT2D eigenvalue weighted by Gasteiger charge is 1.93. The highest BCUT2D eigenvalue weighted by atomic mass is 16.9. The van der Waals surface area contributed by atoms with Crippen molar-refractivity contribution in [3.8, 4) is 0 Å². The maximum absolute atomic E-state index is 9.65. The first-order valence-corrected chi connectivity index (χ1v) is 3.53. The Morgan fingerprint density at radius 2 is 1.91 bits per heavy atom. The third kappa shape index (κ3) is 9.16. The minimum Gasteiger partial charge on any atom is -0.385 e. The van der Waals surface area contributed by atoms with Crippen LogP contribution < -0.4 is 0 Å². The fourth-order valence-electron chi connectivity index (χ4n) is 0.664. The highest BCUT2D eigenvalue weighted by Crippen LogP contribution is 1.95. The molecule has 0 aromatic carbocycles. The minimum atomic E-state index is -0.768. The summed E-state index contributed by atoms with van der Waals surface area (Å²) in [5, 5.41) is 8.88. The summed E-state index contributed by atoms with van der Waals surface area (Å²) in [6.45, 7) is 0.898. The van der Waals surface area contributed by atoms with E-state index in [2.05, 4.69) is 4.84 Å². The van der Waals surface area contributed by atoms with Crippen LogP contribution in [0.4, 0.5) is 0 Å². The molecule has 0 bridgehead atoms. The molecule has 0 aliphatic heterocycles. The Bertz CT molecular complexity index is 107. The Kier molecular flexibility index (Phi) is 6.71. The third-order valence-electron chi connectivity index (χ3n) is 1.19. The van der Waals surface area contributed by atoms with Crippen LogP contribution in [-0.4, -0.2) is 25.4 Å². The van der Waals surface area contributed by atoms with Gasteiger partial charge in [0.15, 0.2) is 0 Å². The van der Waals surface area contributed by atoms with Crippen molar-refractivity contribution in [1.29, 1.82) is 0 Å². The second kappa shape index (κ2) is 7.27. The second-order valence-corrected chi connectivity index (χ2v) is 2.11. The molecule has 11 heavy (non-hydrogen) atoms. The van der Waals surface area contributed by atoms with Gasteiger partial charge in [-0.1, -0.05) is 0 Å². The van der Waals surface area contributed by atoms with Crippen LogP contribution in [0.5, 0.6) is 0 Å². The molecular formula is C6H13NO4. The van der Waals surface area contributed by atoms with E-state index < -0.39 is 5.09 Å². The largest absolute Gasteiger partial charge is 0.385 e. The fourth-order valence-corrected chi connectivity index (χ4v) is 0.664. The molecule has 0 fully saturated rings. The maximum Gasteiger partial charge on any atom is 0.294 e. The van der Waals surface area contributed by atoms with E-state index in [4.69, 9.17) is 4.74 Å². The first kappa shape index (κ1) is 10.2. The van der Waals surface area contributed by atoms with E-state index >= 15 is 0 Å². The molecule has 0 spiro atoms. The molecular weight excluding hydrogens is 150 g/mol. The molecule has 0 atom stereocenters. The smallest absolute Gasteiger partial charge is 0.294 e. The van der Waals surface area contributed by atoms with E-state index in [1.54, 1.807) is 7.11 Å². The monoisotopic (exact) mass is 163 g/mol. The van der Waals surface area contributed by atoms with Crippen LogP contribution in [0.1, 0.15) is 19.3 Å². The Labute approximate surface area is 65.4 Å². The Morgan fingerprint density at radius 3 is 2.45 bits per heavy atom. The van der Waals surface area contributed by atoms with Gasteiger partial charge in [0.25, 0.3) is 5.09 Å². The molecule has 0 aliphatic rings. The standard InChI is InChI=1S/C6H13NO4/c1-10-5-3-2-4-6-11-7(8)9/h2-6H2,1H3. The molecule has 0 saturated carbocycles. The first-order valence-electron chi connectivity index (χ1n) is 3.53. The van der Waals surface area contributed by atoms with Gasteiger partial charge < -0.3 is 9.57 Å². The summed E-state index contributed by atoms with van der Waals surface area (Å²) in [6.07, 6.45) is 2.55. The van der Waals surface area contributed by atoms with E-state index in [0.717, 1.165) is 12.8 Å². The van der Waals surface area contributed by atoms with E-state index in [1.807, 2.05) is 0 Å². The van der Waals surface area contributed by atoms with Crippen LogP contribution in [0.3, 0.4) is 0 Å². The number of rotatable bonds is 7. The molecule has 5 nitrogen and oxygen atoms in total. The lowest BCUT2D eigenvalue weighted by Crippen LogP contribution is -2.02. The Hall–Kier alpha value is -0.840. The van der Waals surface area contributed by atoms with Gasteiger partial charge in [-0.2, -0.15) is 0 Å². The van der Waals surface area contributed by atoms with Gasteiger partial charge in [0, 0.05) is 13.7 Å². The summed E-state index contributed by atoms with van der Waals surface area (Å²) >= 11 is 0. The maximum atomic E-state index is 9.65. The number of methoxy groups -OCH3 is 1. The van der Waals surface area contributed by atoms with Crippen molar-refractivity contribution in [2.24, 2.45) is 0 Å². The molecule has 0 amide bonds. The summed E-state index contributed by atoms with van der Waals surface area (Å²) in [7, 11) is 1.63. The van der Waals surface area contributed by atoms with Crippen LogP contribution in [0.2, 0.25) is 0 Å². The van der Waals surface area contributed by atoms with Gasteiger partial charge in [0.05, 0.1) is 6.61 Å². The van der Waals surface area contributed by atoms with Gasteiger partial charge in [-0.25, -0.2) is 0 Å². The second-order valence-electron chi connectivity index (χ2n) is 2.11. The number of ether oxygens (including phenoxy) is 1. The normalized spacial score (nSPS) is 9.55. The predicted octanol–water partition coefficient (Wildman–Crippen LogP) is 1.01. The SMILES string of the molecule is COCCCCCO[N+](=O)[O-]. The molecule has 66 valence electrons. The zero-order chi connectivity index (χ0) is 8.53. The Morgan fingerprint density at radius 1 is 1.27 bits per heavy atom. The quantitative estimate of drug-likeness (QED) is 0.319. The van der Waals surface area contributed by atoms with Gasteiger partial charge in [-0.3, -0.25) is 0 Å². The lowest BCUT2D eigenvalue weighted by molar-refractivity contribution is -0.757. The van der Waals surface area contributed by atoms with Crippen LogP contribution in [0.25, 0.3) is 0 Å². The van der Waals surface area contributed by atoms with E-state index in [-0.39, 0.29) is 6.61 Å². The van der Waals surface area contributed by atoms with Crippen molar-refractivity contribution >= 4 is 0 Å². The number of hydrogen-bond donors (Lipinski definition) is 0. The van der Waals surface area contributed by atoms with Gasteiger partial charge in [-0.15, -0.1) is 10.1 Å². The lowest BCUT2D eigenvalue weighted by Gasteiger charge is -1.98. The average molecular weight is 163 g/mol. The summed E-state index contributed by atoms with van der Waals surface area (Å²) in [6, 6.07) is 0. The first-order chi connectivity index (χ1) is 5.27. The Balaban J connectivity index is 2.85. The average Bonchev–Trinajstić information content (AvgIpc) is 1.96. The molecule has 0 heterocycles. The van der Waals surface area contributed by atoms with Crippen LogP contribution in [-0.2, 0) is 9.57 Å². The topological polar surface area (TPSA) is 61.6 Å². The minimum absolute atomic E-state index is 0.191. The molecule has 0 N–H and O–H groups in total. The molecule has 0 rings (SSSR count). The van der Waals surface area contributed by atoms with Crippen molar-refractivity contribution < 1.29 is 14.7 Å². The highest BCUT2D eigenvalue weighted by molar-refractivity contribution is 4.37. The van der Waals surface area contributed by atoms with Crippen molar-refractivity contribution in [2.45, 2.75) is 19.3 Å². The summed E-state index contributed by atoms with van der Waals surface area (Å²) < 4.78 is 4.79. The summed E-state index contributed by atoms with van der Waals surface area (Å²) in [5.74, 6) is 0. The molecule has 0 radical (unpaired) electrons. The van der Waals surface area contributed by atoms with Crippen molar-refractivity contribution in [3.63, 3.8) is 0 Å². The molecule has 0 aliphatic carbocycles. The molecule has 5 heteroatoms. The number of nitrogens with zero attached hydrogens (tertiary/aromatic N) is 1. The molecule has 0 aromatic heterocycles. The molecule has 0 saturated heterocycles. The van der Waals surface area contributed by atoms with Gasteiger partial charge in [0.2, 0.25) is 0 Å². The zero-order valence-corrected chi connectivity index (χ0v) is 6.62. The number of unbranched alkanes of at least 4 members (excludes halogenated alkanes) is 2. The van der Waals surface area contributed by atoms with E-state index in [1.165, 1.54) is 0 Å². The van der Waals surface area contributed by atoms with Crippen molar-refractivity contribution in [1.82, 2.24) is 0 Å². The fraction of sp³-hybridized carbons (Fsp3) is 1.00. The third-order valence-corrected chi connectivity index (χ3v) is 1.19. The van der Waals surface area contributed by atoms with Gasteiger partial charge in [-0.05, 0) is 19.3 Å². The lowest BCUT2D eigenvalue weighted by atomic mass is 10.2. The van der Waals surface area contributed by atoms with Crippen LogP contribution in [0.15, 0.2) is 0 Å². The summed E-state index contributed by atoms with van der Waals surface area (Å²) in [4.78, 5) is 13.8. The number of hydrogen-bond acceptors (Lipinski definition) is 4. The van der Waals surface area contributed by atoms with Gasteiger partial charge >= 0.3 is 0 Å². The van der Waals surface area contributed by atoms with E-state index in [0.29, 0.717) is 13.0 Å². The molecule has 0 aromatic rings.